The van der Waals surface area contributed by atoms with Gasteiger partial charge in [-0.05, 0) is 37.0 Å². The average molecular weight is 250 g/mol. The zero-order chi connectivity index (χ0) is 13.0. The van der Waals surface area contributed by atoms with Crippen LogP contribution in [0.3, 0.4) is 0 Å². The number of nitrogen functional groups attached to an aromatic ring is 1. The second-order valence-corrected chi connectivity index (χ2v) is 4.55. The fourth-order valence-electron chi connectivity index (χ4n) is 2.10. The molecule has 5 nitrogen and oxygen atoms in total. The van der Waals surface area contributed by atoms with Gasteiger partial charge in [0.05, 0.1) is 11.3 Å². The van der Waals surface area contributed by atoms with E-state index in [4.69, 9.17) is 15.6 Å². The first-order chi connectivity index (χ1) is 8.66. The summed E-state index contributed by atoms with van der Waals surface area (Å²) in [6, 6.07) is 4.80. The third-order valence-corrected chi connectivity index (χ3v) is 3.20. The van der Waals surface area contributed by atoms with Gasteiger partial charge in [0.25, 0.3) is 0 Å². The van der Waals surface area contributed by atoms with Gasteiger partial charge in [0.15, 0.2) is 0 Å². The summed E-state index contributed by atoms with van der Waals surface area (Å²) in [6.45, 7) is 2.33. The van der Waals surface area contributed by atoms with Crippen molar-refractivity contribution in [3.8, 4) is 0 Å². The highest BCUT2D eigenvalue weighted by Gasteiger charge is 2.15. The number of benzene rings is 1. The van der Waals surface area contributed by atoms with E-state index in [2.05, 4.69) is 5.32 Å². The van der Waals surface area contributed by atoms with Crippen molar-refractivity contribution in [3.63, 3.8) is 0 Å². The van der Waals surface area contributed by atoms with Crippen LogP contribution >= 0.6 is 0 Å². The normalized spacial score (nSPS) is 16.4. The van der Waals surface area contributed by atoms with Crippen LogP contribution in [0.15, 0.2) is 18.2 Å². The molecule has 5 heteroatoms. The molecule has 1 aromatic rings. The average Bonchev–Trinajstić information content (AvgIpc) is 2.37. The van der Waals surface area contributed by atoms with Gasteiger partial charge in [0, 0.05) is 25.4 Å². The van der Waals surface area contributed by atoms with Crippen molar-refractivity contribution in [3.05, 3.63) is 23.8 Å². The van der Waals surface area contributed by atoms with Gasteiger partial charge in [-0.2, -0.15) is 0 Å². The Kier molecular flexibility index (Phi) is 4.04. The molecule has 0 saturated carbocycles. The van der Waals surface area contributed by atoms with Crippen LogP contribution in [-0.4, -0.2) is 30.8 Å². The molecule has 1 fully saturated rings. The van der Waals surface area contributed by atoms with E-state index in [1.807, 2.05) is 0 Å². The summed E-state index contributed by atoms with van der Waals surface area (Å²) >= 11 is 0. The third kappa shape index (κ3) is 3.13. The minimum atomic E-state index is -0.940. The fourth-order valence-corrected chi connectivity index (χ4v) is 2.10. The van der Waals surface area contributed by atoms with E-state index in [1.54, 1.807) is 12.1 Å². The minimum absolute atomic E-state index is 0.260. The van der Waals surface area contributed by atoms with E-state index < -0.39 is 5.97 Å². The van der Waals surface area contributed by atoms with Gasteiger partial charge in [-0.1, -0.05) is 0 Å². The van der Waals surface area contributed by atoms with E-state index in [9.17, 15) is 4.79 Å². The number of nitrogens with one attached hydrogen (secondary N) is 1. The third-order valence-electron chi connectivity index (χ3n) is 3.20. The Labute approximate surface area is 106 Å². The Morgan fingerprint density at radius 1 is 1.44 bits per heavy atom. The molecule has 1 aromatic carbocycles. The van der Waals surface area contributed by atoms with Gasteiger partial charge >= 0.3 is 5.97 Å². The molecule has 0 amide bonds. The standard InChI is InChI=1S/C13H18N2O3/c14-10-1-2-11(13(16)17)12(7-10)15-8-9-3-5-18-6-4-9/h1-2,7,9,15H,3-6,8,14H2,(H,16,17). The topological polar surface area (TPSA) is 84.6 Å². The van der Waals surface area contributed by atoms with Crippen LogP contribution < -0.4 is 11.1 Å². The lowest BCUT2D eigenvalue weighted by atomic mass is 10.00. The van der Waals surface area contributed by atoms with Crippen LogP contribution in [0.5, 0.6) is 0 Å². The first-order valence-corrected chi connectivity index (χ1v) is 6.11. The summed E-state index contributed by atoms with van der Waals surface area (Å²) in [6.07, 6.45) is 2.02. The molecule has 0 aliphatic carbocycles. The predicted octanol–water partition coefficient (Wildman–Crippen LogP) is 1.81. The van der Waals surface area contributed by atoms with Crippen LogP contribution in [0.4, 0.5) is 11.4 Å². The smallest absolute Gasteiger partial charge is 0.337 e. The quantitative estimate of drug-likeness (QED) is 0.710. The van der Waals surface area contributed by atoms with Crippen molar-refractivity contribution < 1.29 is 14.6 Å². The van der Waals surface area contributed by atoms with Gasteiger partial charge in [0.2, 0.25) is 0 Å². The number of anilines is 2. The van der Waals surface area contributed by atoms with Crippen LogP contribution in [0.1, 0.15) is 23.2 Å². The van der Waals surface area contributed by atoms with Crippen molar-refractivity contribution in [1.29, 1.82) is 0 Å². The number of aromatic carboxylic acids is 1. The molecular weight excluding hydrogens is 232 g/mol. The molecule has 0 unspecified atom stereocenters. The molecule has 0 radical (unpaired) electrons. The zero-order valence-electron chi connectivity index (χ0n) is 10.2. The molecule has 98 valence electrons. The van der Waals surface area contributed by atoms with E-state index >= 15 is 0 Å². The molecular formula is C13H18N2O3. The number of rotatable bonds is 4. The van der Waals surface area contributed by atoms with Crippen molar-refractivity contribution in [2.45, 2.75) is 12.8 Å². The van der Waals surface area contributed by atoms with Gasteiger partial charge < -0.3 is 20.9 Å². The molecule has 0 aromatic heterocycles. The maximum absolute atomic E-state index is 11.1. The number of carbonyl (C=O) groups is 1. The fraction of sp³-hybridized carbons (Fsp3) is 0.462. The van der Waals surface area contributed by atoms with E-state index in [1.165, 1.54) is 6.07 Å². The van der Waals surface area contributed by atoms with Gasteiger partial charge in [-0.15, -0.1) is 0 Å². The first-order valence-electron chi connectivity index (χ1n) is 6.11. The predicted molar refractivity (Wildman–Crippen MR) is 69.8 cm³/mol. The summed E-state index contributed by atoms with van der Waals surface area (Å²) in [5.74, 6) is -0.411. The highest BCUT2D eigenvalue weighted by atomic mass is 16.5. The Morgan fingerprint density at radius 2 is 2.17 bits per heavy atom. The van der Waals surface area contributed by atoms with E-state index in [-0.39, 0.29) is 5.56 Å². The summed E-state index contributed by atoms with van der Waals surface area (Å²) in [4.78, 5) is 11.1. The molecule has 0 spiro atoms. The second-order valence-electron chi connectivity index (χ2n) is 4.55. The van der Waals surface area contributed by atoms with Gasteiger partial charge in [0.1, 0.15) is 0 Å². The largest absolute Gasteiger partial charge is 0.478 e. The number of hydrogen-bond donors (Lipinski definition) is 3. The molecule has 4 N–H and O–H groups in total. The zero-order valence-corrected chi connectivity index (χ0v) is 10.2. The summed E-state index contributed by atoms with van der Waals surface area (Å²) in [5.41, 5.74) is 7.10. The molecule has 0 atom stereocenters. The number of carboxylic acid groups (broad SMARTS) is 1. The summed E-state index contributed by atoms with van der Waals surface area (Å²) in [5, 5.41) is 12.3. The molecule has 1 heterocycles. The van der Waals surface area contributed by atoms with E-state index in [0.29, 0.717) is 17.3 Å². The van der Waals surface area contributed by atoms with Crippen molar-refractivity contribution >= 4 is 17.3 Å². The SMILES string of the molecule is Nc1ccc(C(=O)O)c(NCC2CCOCC2)c1. The molecule has 1 saturated heterocycles. The van der Waals surface area contributed by atoms with Gasteiger partial charge in [-0.25, -0.2) is 4.79 Å². The molecule has 1 aliphatic rings. The second kappa shape index (κ2) is 5.73. The first kappa shape index (κ1) is 12.7. The van der Waals surface area contributed by atoms with E-state index in [0.717, 1.165) is 32.6 Å². The minimum Gasteiger partial charge on any atom is -0.478 e. The lowest BCUT2D eigenvalue weighted by molar-refractivity contribution is 0.0689. The highest BCUT2D eigenvalue weighted by Crippen LogP contribution is 2.21. The van der Waals surface area contributed by atoms with Crippen molar-refractivity contribution in [2.24, 2.45) is 5.92 Å². The van der Waals surface area contributed by atoms with Gasteiger partial charge in [-0.3, -0.25) is 0 Å². The molecule has 2 rings (SSSR count). The number of hydrogen-bond acceptors (Lipinski definition) is 4. The van der Waals surface area contributed by atoms with Crippen LogP contribution in [-0.2, 0) is 4.74 Å². The Bertz CT molecular complexity index is 428. The summed E-state index contributed by atoms with van der Waals surface area (Å²) in [7, 11) is 0. The number of carboxylic acids is 1. The molecule has 18 heavy (non-hydrogen) atoms. The Balaban J connectivity index is 2.03. The monoisotopic (exact) mass is 250 g/mol. The Morgan fingerprint density at radius 3 is 2.83 bits per heavy atom. The number of nitrogens with two attached hydrogens (primary N) is 1. The lowest BCUT2D eigenvalue weighted by Crippen LogP contribution is -2.23. The summed E-state index contributed by atoms with van der Waals surface area (Å²) < 4.78 is 5.29. The maximum atomic E-state index is 11.1. The molecule has 0 bridgehead atoms. The van der Waals surface area contributed by atoms with Crippen molar-refractivity contribution in [2.75, 3.05) is 30.8 Å². The highest BCUT2D eigenvalue weighted by molar-refractivity contribution is 5.95. The number of ether oxygens (including phenoxy) is 1. The van der Waals surface area contributed by atoms with Crippen LogP contribution in [0.25, 0.3) is 0 Å². The molecule has 1 aliphatic heterocycles. The van der Waals surface area contributed by atoms with Crippen LogP contribution in [0.2, 0.25) is 0 Å². The Hall–Kier alpha value is -1.75. The lowest BCUT2D eigenvalue weighted by Gasteiger charge is -2.23. The van der Waals surface area contributed by atoms with Crippen LogP contribution in [0, 0.1) is 5.92 Å². The maximum Gasteiger partial charge on any atom is 0.337 e. The van der Waals surface area contributed by atoms with Crippen molar-refractivity contribution in [1.82, 2.24) is 0 Å².